The molecule has 0 saturated heterocycles. The number of sulfone groups is 1. The summed E-state index contributed by atoms with van der Waals surface area (Å²) in [7, 11) is -3.19. The first-order valence-corrected chi connectivity index (χ1v) is 21.7. The second-order valence-corrected chi connectivity index (χ2v) is 15.7. The average Bonchev–Trinajstić information content (AvgIpc) is 3.23. The summed E-state index contributed by atoms with van der Waals surface area (Å²) in [5.74, 6) is 9.45. The highest BCUT2D eigenvalue weighted by Crippen LogP contribution is 2.33. The SMILES string of the molecule is C#Cc1ccc(CCCC)c(C#N)c1.C#Cc1ccc(CCCC)c(C(F)(F)F)c1.C#Cc1ccc(CCCC)c(F)c1.C#Cc1ccc(CCCC)c(S(C)(=O)=O)c1. The minimum atomic E-state index is -4.32. The van der Waals surface area contributed by atoms with Gasteiger partial charge in [-0.1, -0.05) is 101 Å². The molecule has 0 fully saturated rings. The molecule has 0 amide bonds. The van der Waals surface area contributed by atoms with Crippen molar-refractivity contribution >= 4 is 9.84 Å². The lowest BCUT2D eigenvalue weighted by atomic mass is 9.99. The zero-order valence-corrected chi connectivity index (χ0v) is 35.7. The molecule has 59 heavy (non-hydrogen) atoms. The smallest absolute Gasteiger partial charge is 0.224 e. The van der Waals surface area contributed by atoms with Crippen molar-refractivity contribution in [2.24, 2.45) is 0 Å². The number of halogens is 4. The van der Waals surface area contributed by atoms with Gasteiger partial charge in [-0.05, 0) is 122 Å². The molecule has 0 saturated carbocycles. The van der Waals surface area contributed by atoms with Gasteiger partial charge in [0.1, 0.15) is 5.82 Å². The molecule has 0 spiro atoms. The molecule has 4 aromatic carbocycles. The molecule has 0 bridgehead atoms. The quantitative estimate of drug-likeness (QED) is 0.0997. The van der Waals surface area contributed by atoms with Crippen molar-refractivity contribution in [1.82, 2.24) is 0 Å². The number of nitrogens with zero attached hydrogens (tertiary/aromatic N) is 1. The predicted molar refractivity (Wildman–Crippen MR) is 235 cm³/mol. The minimum absolute atomic E-state index is 0.177. The molecule has 0 radical (unpaired) electrons. The van der Waals surface area contributed by atoms with Gasteiger partial charge in [0.05, 0.1) is 22.1 Å². The van der Waals surface area contributed by atoms with Gasteiger partial charge < -0.3 is 0 Å². The minimum Gasteiger partial charge on any atom is -0.224 e. The van der Waals surface area contributed by atoms with Crippen molar-refractivity contribution in [3.63, 3.8) is 0 Å². The molecule has 0 aromatic heterocycles. The van der Waals surface area contributed by atoms with Crippen LogP contribution in [-0.4, -0.2) is 14.7 Å². The Morgan fingerprint density at radius 1 is 0.559 bits per heavy atom. The van der Waals surface area contributed by atoms with Gasteiger partial charge in [0.15, 0.2) is 9.84 Å². The maximum atomic E-state index is 13.3. The molecule has 0 heterocycles. The molecule has 0 aliphatic carbocycles. The maximum Gasteiger partial charge on any atom is 0.416 e. The summed E-state index contributed by atoms with van der Waals surface area (Å²) in [6.45, 7) is 8.26. The Morgan fingerprint density at radius 3 is 1.36 bits per heavy atom. The number of alkyl halides is 3. The van der Waals surface area contributed by atoms with E-state index in [1.807, 2.05) is 25.1 Å². The molecule has 0 atom stereocenters. The predicted octanol–water partition coefficient (Wildman–Crippen LogP) is 12.5. The third-order valence-electron chi connectivity index (χ3n) is 9.03. The van der Waals surface area contributed by atoms with Gasteiger partial charge >= 0.3 is 6.18 Å². The lowest BCUT2D eigenvalue weighted by molar-refractivity contribution is -0.138. The topological polar surface area (TPSA) is 57.9 Å². The lowest BCUT2D eigenvalue weighted by Crippen LogP contribution is -2.09. The number of hydrogen-bond acceptors (Lipinski definition) is 3. The molecule has 4 rings (SSSR count). The van der Waals surface area contributed by atoms with Crippen LogP contribution in [0, 0.1) is 66.5 Å². The third-order valence-corrected chi connectivity index (χ3v) is 10.2. The van der Waals surface area contributed by atoms with Crippen LogP contribution < -0.4 is 0 Å². The van der Waals surface area contributed by atoms with Crippen molar-refractivity contribution in [3.8, 4) is 55.4 Å². The summed E-state index contributed by atoms with van der Waals surface area (Å²) in [6, 6.07) is 22.1. The normalized spacial score (nSPS) is 10.3. The van der Waals surface area contributed by atoms with Gasteiger partial charge in [-0.2, -0.15) is 18.4 Å². The van der Waals surface area contributed by atoms with E-state index in [1.54, 1.807) is 36.4 Å². The fourth-order valence-electron chi connectivity index (χ4n) is 5.64. The Balaban J connectivity index is 0.000000395. The summed E-state index contributed by atoms with van der Waals surface area (Å²) in [5.41, 5.74) is 5.45. The summed E-state index contributed by atoms with van der Waals surface area (Å²) in [5, 5.41) is 8.92. The summed E-state index contributed by atoms with van der Waals surface area (Å²) in [4.78, 5) is 0.372. The Bertz CT molecular complexity index is 2270. The van der Waals surface area contributed by atoms with Crippen molar-refractivity contribution in [1.29, 1.82) is 5.26 Å². The van der Waals surface area contributed by atoms with Gasteiger partial charge in [0.2, 0.25) is 0 Å². The van der Waals surface area contributed by atoms with E-state index in [2.05, 4.69) is 50.5 Å². The highest BCUT2D eigenvalue weighted by atomic mass is 32.2. The molecule has 8 heteroatoms. The van der Waals surface area contributed by atoms with Gasteiger partial charge in [-0.25, -0.2) is 12.8 Å². The highest BCUT2D eigenvalue weighted by Gasteiger charge is 2.33. The van der Waals surface area contributed by atoms with Crippen LogP contribution in [0.2, 0.25) is 0 Å². The number of rotatable bonds is 13. The van der Waals surface area contributed by atoms with Crippen LogP contribution >= 0.6 is 0 Å². The van der Waals surface area contributed by atoms with Crippen molar-refractivity contribution in [2.75, 3.05) is 6.26 Å². The van der Waals surface area contributed by atoms with E-state index >= 15 is 0 Å². The number of benzene rings is 4. The summed E-state index contributed by atoms with van der Waals surface area (Å²) < 4.78 is 74.7. The van der Waals surface area contributed by atoms with Gasteiger partial charge in [0, 0.05) is 28.5 Å². The maximum absolute atomic E-state index is 13.3. The number of nitriles is 1. The summed E-state index contributed by atoms with van der Waals surface area (Å²) in [6.07, 6.45) is 28.7. The Hall–Kier alpha value is -5.72. The number of unbranched alkanes of at least 4 members (excludes halogenated alkanes) is 4. The first-order chi connectivity index (χ1) is 28.1. The fraction of sp³-hybridized carbons (Fsp3) is 0.353. The van der Waals surface area contributed by atoms with Crippen LogP contribution in [0.3, 0.4) is 0 Å². The molecule has 0 aliphatic rings. The van der Waals surface area contributed by atoms with Crippen molar-refractivity contribution < 1.29 is 26.0 Å². The van der Waals surface area contributed by atoms with Crippen LogP contribution in [0.1, 0.15) is 135 Å². The lowest BCUT2D eigenvalue weighted by Gasteiger charge is -2.13. The third kappa shape index (κ3) is 18.6. The molecular formula is C51H55F4NO2S. The zero-order chi connectivity index (χ0) is 44.4. The number of aryl methyl sites for hydroxylation is 4. The monoisotopic (exact) mass is 821 g/mol. The summed E-state index contributed by atoms with van der Waals surface area (Å²) >= 11 is 0. The van der Waals surface area contributed by atoms with E-state index in [4.69, 9.17) is 31.0 Å². The Kier molecular flexibility index (Phi) is 23.5. The van der Waals surface area contributed by atoms with Crippen LogP contribution in [0.25, 0.3) is 0 Å². The van der Waals surface area contributed by atoms with Crippen LogP contribution in [-0.2, 0) is 41.7 Å². The van der Waals surface area contributed by atoms with E-state index in [0.29, 0.717) is 33.6 Å². The molecule has 4 aromatic rings. The van der Waals surface area contributed by atoms with E-state index in [0.717, 1.165) is 98.9 Å². The van der Waals surface area contributed by atoms with E-state index in [9.17, 15) is 26.0 Å². The van der Waals surface area contributed by atoms with Gasteiger partial charge in [-0.15, -0.1) is 25.7 Å². The molecular weight excluding hydrogens is 767 g/mol. The van der Waals surface area contributed by atoms with Gasteiger partial charge in [0.25, 0.3) is 0 Å². The van der Waals surface area contributed by atoms with Crippen LogP contribution in [0.5, 0.6) is 0 Å². The van der Waals surface area contributed by atoms with Crippen molar-refractivity contribution in [2.45, 2.75) is 116 Å². The van der Waals surface area contributed by atoms with Gasteiger partial charge in [-0.3, -0.25) is 0 Å². The Morgan fingerprint density at radius 2 is 0.932 bits per heavy atom. The first kappa shape index (κ1) is 51.3. The highest BCUT2D eigenvalue weighted by molar-refractivity contribution is 7.90. The number of hydrogen-bond donors (Lipinski definition) is 0. The van der Waals surface area contributed by atoms with Crippen LogP contribution in [0.15, 0.2) is 77.7 Å². The second kappa shape index (κ2) is 27.1. The number of terminal acetylenes is 4. The second-order valence-electron chi connectivity index (χ2n) is 13.7. The standard InChI is InChI=1S/C13H13F3.C13H13N.C13H16O2S.C12H13F/c1-3-5-6-11-8-7-10(4-2)9-12(11)13(14,15)16;1-3-5-6-12-8-7-11(4-2)9-13(12)10-14;1-4-6-7-12-9-8-11(5-2)10-13(12)16(3,14)15;1-3-5-6-11-8-7-10(4-2)9-12(11)13/h2,7-9H,3,5-6H2,1H3;2,7-9H,3,5-6H2,1H3;2,8-10H,4,6-7H2,1,3H3;2,7-9H,3,5-6H2,1H3. The molecule has 310 valence electrons. The molecule has 0 aliphatic heterocycles. The fourth-order valence-corrected chi connectivity index (χ4v) is 6.63. The van der Waals surface area contributed by atoms with E-state index < -0.39 is 21.6 Å². The molecule has 3 nitrogen and oxygen atoms in total. The largest absolute Gasteiger partial charge is 0.416 e. The zero-order valence-electron chi connectivity index (χ0n) is 34.9. The van der Waals surface area contributed by atoms with Crippen LogP contribution in [0.4, 0.5) is 17.6 Å². The first-order valence-electron chi connectivity index (χ1n) is 19.8. The molecule has 0 N–H and O–H groups in total. The average molecular weight is 822 g/mol. The van der Waals surface area contributed by atoms with E-state index in [-0.39, 0.29) is 11.4 Å². The van der Waals surface area contributed by atoms with Crippen molar-refractivity contribution in [3.05, 3.63) is 134 Å². The van der Waals surface area contributed by atoms with E-state index in [1.165, 1.54) is 18.4 Å². The molecule has 0 unspecified atom stereocenters. The Labute approximate surface area is 351 Å².